The van der Waals surface area contributed by atoms with Crippen LogP contribution in [0.5, 0.6) is 0 Å². The molecule has 0 heteroatoms. The highest BCUT2D eigenvalue weighted by atomic mass is 14.6. The van der Waals surface area contributed by atoms with E-state index in [1.165, 1.54) is 98.7 Å². The van der Waals surface area contributed by atoms with Crippen molar-refractivity contribution in [2.75, 3.05) is 0 Å². The van der Waals surface area contributed by atoms with Crippen molar-refractivity contribution in [3.05, 3.63) is 239 Å². The minimum Gasteiger partial charge on any atom is -0.0836 e. The summed E-state index contributed by atoms with van der Waals surface area (Å²) in [7, 11) is 0. The zero-order valence-electron chi connectivity index (χ0n) is 31.7. The SMILES string of the molecule is C1=Cc2ccc(C3=CC4C(C=C3)c3c(cc(-c5ccc6ccccc6c5)c5ccccc35)C4(c3ccc4ccccc4c3)c3ccc4ccccc4c3)cc2CC1. The van der Waals surface area contributed by atoms with Crippen LogP contribution in [0.4, 0.5) is 0 Å². The van der Waals surface area contributed by atoms with E-state index < -0.39 is 5.41 Å². The third-order valence-corrected chi connectivity index (χ3v) is 13.4. The van der Waals surface area contributed by atoms with E-state index in [1.807, 2.05) is 0 Å². The molecule has 0 saturated carbocycles. The van der Waals surface area contributed by atoms with Gasteiger partial charge in [0.15, 0.2) is 0 Å². The van der Waals surface area contributed by atoms with Crippen molar-refractivity contribution in [3.8, 4) is 11.1 Å². The zero-order valence-corrected chi connectivity index (χ0v) is 31.7. The van der Waals surface area contributed by atoms with E-state index in [-0.39, 0.29) is 11.8 Å². The van der Waals surface area contributed by atoms with Gasteiger partial charge in [-0.1, -0.05) is 182 Å². The van der Waals surface area contributed by atoms with Crippen LogP contribution in [0.3, 0.4) is 0 Å². The lowest BCUT2D eigenvalue weighted by Crippen LogP contribution is -2.35. The molecule has 0 nitrogen and oxygen atoms in total. The first-order chi connectivity index (χ1) is 28.2. The molecule has 2 atom stereocenters. The van der Waals surface area contributed by atoms with Gasteiger partial charge in [0.2, 0.25) is 0 Å². The number of aryl methyl sites for hydroxylation is 1. The molecule has 0 fully saturated rings. The van der Waals surface area contributed by atoms with Gasteiger partial charge in [-0.2, -0.15) is 0 Å². The Hall–Kier alpha value is -6.76. The number of hydrogen-bond donors (Lipinski definition) is 0. The predicted molar refractivity (Wildman–Crippen MR) is 242 cm³/mol. The summed E-state index contributed by atoms with van der Waals surface area (Å²) in [6.45, 7) is 0. The topological polar surface area (TPSA) is 0 Å². The number of benzene rings is 9. The van der Waals surface area contributed by atoms with Crippen LogP contribution in [0.25, 0.3) is 65.9 Å². The smallest absolute Gasteiger partial charge is 0.0526 e. The molecule has 2 unspecified atom stereocenters. The Bertz CT molecular complexity index is 3130. The Morgan fingerprint density at radius 1 is 0.474 bits per heavy atom. The summed E-state index contributed by atoms with van der Waals surface area (Å²) in [5, 5.41) is 10.3. The Morgan fingerprint density at radius 3 is 1.77 bits per heavy atom. The summed E-state index contributed by atoms with van der Waals surface area (Å²) < 4.78 is 0. The molecule has 0 N–H and O–H groups in total. The average molecular weight is 725 g/mol. The van der Waals surface area contributed by atoms with Crippen LogP contribution >= 0.6 is 0 Å². The molecule has 3 aliphatic carbocycles. The quantitative estimate of drug-likeness (QED) is 0.170. The monoisotopic (exact) mass is 724 g/mol. The molecule has 3 aliphatic rings. The zero-order chi connectivity index (χ0) is 37.5. The van der Waals surface area contributed by atoms with Crippen molar-refractivity contribution in [3.63, 3.8) is 0 Å². The second-order valence-electron chi connectivity index (χ2n) is 16.3. The van der Waals surface area contributed by atoms with E-state index >= 15 is 0 Å². The molecular formula is C57H40. The van der Waals surface area contributed by atoms with Crippen molar-refractivity contribution in [2.24, 2.45) is 5.92 Å². The number of hydrogen-bond acceptors (Lipinski definition) is 0. The molecule has 12 rings (SSSR count). The van der Waals surface area contributed by atoms with E-state index in [0.29, 0.717) is 0 Å². The number of allylic oxidation sites excluding steroid dienone is 5. The van der Waals surface area contributed by atoms with Crippen LogP contribution in [0, 0.1) is 5.92 Å². The van der Waals surface area contributed by atoms with E-state index in [1.54, 1.807) is 0 Å². The molecule has 0 heterocycles. The minimum absolute atomic E-state index is 0.126. The fourth-order valence-corrected chi connectivity index (χ4v) is 10.7. The fraction of sp³-hybridized carbons (Fsp3) is 0.0877. The van der Waals surface area contributed by atoms with Crippen LogP contribution in [0.2, 0.25) is 0 Å². The Kier molecular flexibility index (Phi) is 7.20. The summed E-state index contributed by atoms with van der Waals surface area (Å²) in [5.41, 5.74) is 13.0. The fourth-order valence-electron chi connectivity index (χ4n) is 10.7. The molecule has 9 aromatic carbocycles. The maximum Gasteiger partial charge on any atom is 0.0526 e. The molecule has 0 aliphatic heterocycles. The molecule has 0 spiro atoms. The first-order valence-electron chi connectivity index (χ1n) is 20.5. The maximum absolute atomic E-state index is 2.65. The normalized spacial score (nSPS) is 17.8. The number of rotatable bonds is 4. The van der Waals surface area contributed by atoms with E-state index in [0.717, 1.165) is 12.8 Å². The van der Waals surface area contributed by atoms with Gasteiger partial charge in [0.25, 0.3) is 0 Å². The highest BCUT2D eigenvalue weighted by Crippen LogP contribution is 2.63. The Morgan fingerprint density at radius 2 is 1.07 bits per heavy atom. The van der Waals surface area contributed by atoms with E-state index in [4.69, 9.17) is 0 Å². The Labute approximate surface area is 333 Å². The van der Waals surface area contributed by atoms with Gasteiger partial charge in [0.05, 0.1) is 5.41 Å². The van der Waals surface area contributed by atoms with E-state index in [9.17, 15) is 0 Å². The summed E-state index contributed by atoms with van der Waals surface area (Å²) in [6, 6.07) is 66.9. The minimum atomic E-state index is -0.489. The van der Waals surface area contributed by atoms with Gasteiger partial charge in [-0.25, -0.2) is 0 Å². The largest absolute Gasteiger partial charge is 0.0836 e. The predicted octanol–water partition coefficient (Wildman–Crippen LogP) is 14.6. The number of fused-ring (bicyclic) bond motifs is 9. The van der Waals surface area contributed by atoms with Gasteiger partial charge in [-0.3, -0.25) is 0 Å². The molecular weight excluding hydrogens is 685 g/mol. The highest BCUT2D eigenvalue weighted by Gasteiger charge is 2.54. The van der Waals surface area contributed by atoms with Crippen molar-refractivity contribution < 1.29 is 0 Å². The van der Waals surface area contributed by atoms with Crippen LogP contribution < -0.4 is 0 Å². The van der Waals surface area contributed by atoms with Crippen molar-refractivity contribution in [1.29, 1.82) is 0 Å². The van der Waals surface area contributed by atoms with Gasteiger partial charge in [0, 0.05) is 11.8 Å². The van der Waals surface area contributed by atoms with Crippen molar-refractivity contribution in [1.82, 2.24) is 0 Å². The molecule has 0 saturated heterocycles. The van der Waals surface area contributed by atoms with Crippen LogP contribution in [-0.4, -0.2) is 0 Å². The van der Waals surface area contributed by atoms with Crippen molar-refractivity contribution >= 4 is 54.7 Å². The van der Waals surface area contributed by atoms with Gasteiger partial charge in [0.1, 0.15) is 0 Å². The van der Waals surface area contributed by atoms with Crippen LogP contribution in [0.1, 0.15) is 51.3 Å². The molecule has 0 bridgehead atoms. The molecule has 0 amide bonds. The lowest BCUT2D eigenvalue weighted by Gasteiger charge is -2.40. The average Bonchev–Trinajstić information content (AvgIpc) is 3.58. The lowest BCUT2D eigenvalue weighted by molar-refractivity contribution is 0.459. The summed E-state index contributed by atoms with van der Waals surface area (Å²) in [6.07, 6.45) is 14.4. The summed E-state index contributed by atoms with van der Waals surface area (Å²) in [4.78, 5) is 0. The lowest BCUT2D eigenvalue weighted by atomic mass is 9.62. The third kappa shape index (κ3) is 4.93. The van der Waals surface area contributed by atoms with Crippen LogP contribution in [0.15, 0.2) is 200 Å². The molecule has 57 heavy (non-hydrogen) atoms. The van der Waals surface area contributed by atoms with Gasteiger partial charge >= 0.3 is 0 Å². The highest BCUT2D eigenvalue weighted by molar-refractivity contribution is 6.03. The Balaban J connectivity index is 1.21. The summed E-state index contributed by atoms with van der Waals surface area (Å²) in [5.74, 6) is 0.304. The van der Waals surface area contributed by atoms with Crippen molar-refractivity contribution in [2.45, 2.75) is 24.2 Å². The van der Waals surface area contributed by atoms with E-state index in [2.05, 4.69) is 206 Å². The van der Waals surface area contributed by atoms with Crippen LogP contribution in [-0.2, 0) is 11.8 Å². The first-order valence-corrected chi connectivity index (χ1v) is 20.5. The maximum atomic E-state index is 2.65. The third-order valence-electron chi connectivity index (χ3n) is 13.4. The molecule has 0 radical (unpaired) electrons. The molecule has 268 valence electrons. The molecule has 9 aromatic rings. The molecule has 0 aromatic heterocycles. The summed E-state index contributed by atoms with van der Waals surface area (Å²) >= 11 is 0. The second kappa shape index (κ2) is 12.6. The second-order valence-corrected chi connectivity index (χ2v) is 16.3. The van der Waals surface area contributed by atoms with Gasteiger partial charge in [-0.15, -0.1) is 0 Å². The van der Waals surface area contributed by atoms with Gasteiger partial charge in [-0.05, 0) is 136 Å². The standard InChI is InChI=1S/C57H40/c1-5-15-41-31-45(23-21-37(41)11-1)46-27-30-52-54(35-46)57(48-28-25-39-13-3-7-17-43(39)33-48,49-29-26-40-14-4-8-18-44(40)34-49)55-36-53(50-19-9-10-20-51(50)56(52)55)47-24-22-38-12-2-6-16-42(38)32-47/h1-4,6-14,16-36,52,54H,5,15H2. The first kappa shape index (κ1) is 32.5. The van der Waals surface area contributed by atoms with Gasteiger partial charge < -0.3 is 0 Å².